The summed E-state index contributed by atoms with van der Waals surface area (Å²) in [6.45, 7) is 9.49. The van der Waals surface area contributed by atoms with Crippen molar-refractivity contribution in [3.8, 4) is 0 Å². The highest BCUT2D eigenvalue weighted by atomic mass is 32.2. The van der Waals surface area contributed by atoms with E-state index in [0.29, 0.717) is 25.8 Å². The molecule has 3 rings (SSSR count). The van der Waals surface area contributed by atoms with Crippen LogP contribution in [-0.2, 0) is 24.4 Å². The molecule has 5 atom stereocenters. The third-order valence-corrected chi connectivity index (χ3v) is 11.0. The Morgan fingerprint density at radius 3 is 2.17 bits per heavy atom. The number of carbonyl (C=O) groups is 4. The SMILES string of the molecule is CCS(=O)(=O)N(C)CC(NC(=O)N[C@H](C(=O)N1CCC[C@H]1C(=O)N[C@]1(C(=O)O)CC1C)C1CCCCC1)C(C)(C)C. The fourth-order valence-electron chi connectivity index (χ4n) is 6.05. The molecule has 41 heavy (non-hydrogen) atoms. The molecule has 1 heterocycles. The molecule has 13 heteroatoms. The zero-order chi connectivity index (χ0) is 30.8. The van der Waals surface area contributed by atoms with E-state index >= 15 is 0 Å². The summed E-state index contributed by atoms with van der Waals surface area (Å²) in [5.41, 5.74) is -1.76. The minimum Gasteiger partial charge on any atom is -0.479 e. The summed E-state index contributed by atoms with van der Waals surface area (Å²) < 4.78 is 26.0. The van der Waals surface area contributed by atoms with Crippen LogP contribution in [0.15, 0.2) is 0 Å². The number of nitrogens with one attached hydrogen (secondary N) is 3. The standard InChI is InChI=1S/C28H49N5O7S/c1-7-41(39,40)32(6)17-21(27(3,4)5)29-26(38)30-22(19-12-9-8-10-13-19)24(35)33-15-11-14-20(33)23(34)31-28(25(36)37)16-18(28)2/h18-22H,7-17H2,1-6H3,(H,31,34)(H,36,37)(H2,29,30,38)/t18?,20-,21?,22-,28+/m0/s1. The Morgan fingerprint density at radius 1 is 1.05 bits per heavy atom. The monoisotopic (exact) mass is 599 g/mol. The maximum Gasteiger partial charge on any atom is 0.329 e. The predicted octanol–water partition coefficient (Wildman–Crippen LogP) is 1.90. The Kier molecular flexibility index (Phi) is 10.4. The lowest BCUT2D eigenvalue weighted by Gasteiger charge is -2.37. The van der Waals surface area contributed by atoms with Gasteiger partial charge in [0.1, 0.15) is 17.6 Å². The summed E-state index contributed by atoms with van der Waals surface area (Å²) in [5.74, 6) is -2.22. The zero-order valence-corrected chi connectivity index (χ0v) is 26.2. The number of nitrogens with zero attached hydrogens (tertiary/aromatic N) is 2. The number of carbonyl (C=O) groups excluding carboxylic acids is 3. The number of carboxylic acid groups (broad SMARTS) is 1. The van der Waals surface area contributed by atoms with Gasteiger partial charge in [-0.1, -0.05) is 47.0 Å². The van der Waals surface area contributed by atoms with Gasteiger partial charge in [-0.15, -0.1) is 0 Å². The van der Waals surface area contributed by atoms with Crippen LogP contribution in [0.3, 0.4) is 0 Å². The number of hydrogen-bond donors (Lipinski definition) is 4. The molecular weight excluding hydrogens is 550 g/mol. The quantitative estimate of drug-likeness (QED) is 0.282. The molecule has 3 aliphatic rings. The normalized spacial score (nSPS) is 26.8. The lowest BCUT2D eigenvalue weighted by molar-refractivity contribution is -0.146. The number of amides is 4. The van der Waals surface area contributed by atoms with Gasteiger partial charge in [-0.2, -0.15) is 0 Å². The number of likely N-dealkylation sites (N-methyl/N-ethyl adjacent to an activating group) is 1. The molecule has 3 fully saturated rings. The molecule has 12 nitrogen and oxygen atoms in total. The molecule has 4 amide bonds. The number of carboxylic acids is 1. The third kappa shape index (κ3) is 7.71. The molecule has 1 aliphatic heterocycles. The van der Waals surface area contributed by atoms with Gasteiger partial charge < -0.3 is 26.0 Å². The van der Waals surface area contributed by atoms with Gasteiger partial charge in [0.05, 0.1) is 5.75 Å². The van der Waals surface area contributed by atoms with E-state index in [2.05, 4.69) is 16.0 Å². The van der Waals surface area contributed by atoms with Crippen molar-refractivity contribution in [3.05, 3.63) is 0 Å². The summed E-state index contributed by atoms with van der Waals surface area (Å²) in [6.07, 6.45) is 5.84. The van der Waals surface area contributed by atoms with Crippen LogP contribution in [0.4, 0.5) is 4.79 Å². The highest BCUT2D eigenvalue weighted by Crippen LogP contribution is 2.43. The van der Waals surface area contributed by atoms with Crippen molar-refractivity contribution in [2.75, 3.05) is 25.9 Å². The van der Waals surface area contributed by atoms with Gasteiger partial charge in [0.15, 0.2) is 0 Å². The number of rotatable bonds is 11. The van der Waals surface area contributed by atoms with Crippen LogP contribution in [0.5, 0.6) is 0 Å². The van der Waals surface area contributed by atoms with Gasteiger partial charge in [-0.3, -0.25) is 9.59 Å². The molecule has 2 aliphatic carbocycles. The van der Waals surface area contributed by atoms with Gasteiger partial charge in [0.2, 0.25) is 21.8 Å². The fourth-order valence-corrected chi connectivity index (χ4v) is 6.87. The van der Waals surface area contributed by atoms with E-state index in [0.717, 1.165) is 32.1 Å². The highest BCUT2D eigenvalue weighted by Gasteiger charge is 2.60. The van der Waals surface area contributed by atoms with Crippen LogP contribution in [0.25, 0.3) is 0 Å². The van der Waals surface area contributed by atoms with Gasteiger partial charge in [-0.05, 0) is 56.3 Å². The first-order valence-electron chi connectivity index (χ1n) is 14.9. The number of aliphatic carboxylic acids is 1. The summed E-state index contributed by atoms with van der Waals surface area (Å²) in [5, 5.41) is 18.2. The predicted molar refractivity (Wildman–Crippen MR) is 154 cm³/mol. The fraction of sp³-hybridized carbons (Fsp3) is 0.857. The second-order valence-electron chi connectivity index (χ2n) is 13.2. The van der Waals surface area contributed by atoms with Crippen LogP contribution in [0, 0.1) is 17.3 Å². The molecule has 0 bridgehead atoms. The first-order chi connectivity index (χ1) is 19.0. The van der Waals surface area contributed by atoms with E-state index in [4.69, 9.17) is 0 Å². The Morgan fingerprint density at radius 2 is 1.66 bits per heavy atom. The molecule has 1 saturated heterocycles. The zero-order valence-electron chi connectivity index (χ0n) is 25.4. The number of sulfonamides is 1. The minimum atomic E-state index is -3.46. The lowest BCUT2D eigenvalue weighted by atomic mass is 9.83. The van der Waals surface area contributed by atoms with E-state index in [-0.39, 0.29) is 30.0 Å². The average Bonchev–Trinajstić information content (AvgIpc) is 3.32. The van der Waals surface area contributed by atoms with Gasteiger partial charge >= 0.3 is 12.0 Å². The molecule has 2 unspecified atom stereocenters. The van der Waals surface area contributed by atoms with Crippen LogP contribution in [-0.4, -0.2) is 96.1 Å². The van der Waals surface area contributed by atoms with Crippen molar-refractivity contribution in [1.29, 1.82) is 0 Å². The van der Waals surface area contributed by atoms with Crippen molar-refractivity contribution in [2.24, 2.45) is 17.3 Å². The smallest absolute Gasteiger partial charge is 0.329 e. The van der Waals surface area contributed by atoms with Gasteiger partial charge in [-0.25, -0.2) is 22.3 Å². The lowest BCUT2D eigenvalue weighted by Crippen LogP contribution is -2.61. The highest BCUT2D eigenvalue weighted by molar-refractivity contribution is 7.89. The molecule has 4 N–H and O–H groups in total. The molecule has 0 spiro atoms. The molecule has 0 aromatic carbocycles. The van der Waals surface area contributed by atoms with Crippen molar-refractivity contribution in [1.82, 2.24) is 25.2 Å². The topological polar surface area (TPSA) is 165 Å². The summed E-state index contributed by atoms with van der Waals surface area (Å²) in [4.78, 5) is 53.9. The van der Waals surface area contributed by atoms with Crippen LogP contribution < -0.4 is 16.0 Å². The van der Waals surface area contributed by atoms with E-state index in [1.165, 1.54) is 16.3 Å². The van der Waals surface area contributed by atoms with Crippen molar-refractivity contribution < 1.29 is 32.7 Å². The Hall–Kier alpha value is -2.41. The second kappa shape index (κ2) is 12.8. The maximum absolute atomic E-state index is 14.0. The van der Waals surface area contributed by atoms with Crippen LogP contribution in [0.2, 0.25) is 0 Å². The largest absolute Gasteiger partial charge is 0.479 e. The van der Waals surface area contributed by atoms with E-state index in [1.54, 1.807) is 13.8 Å². The number of urea groups is 1. The van der Waals surface area contributed by atoms with E-state index in [9.17, 15) is 32.7 Å². The van der Waals surface area contributed by atoms with Crippen LogP contribution >= 0.6 is 0 Å². The molecule has 0 aromatic rings. The van der Waals surface area contributed by atoms with Crippen LogP contribution in [0.1, 0.15) is 86.0 Å². The van der Waals surface area contributed by atoms with Crippen molar-refractivity contribution in [3.63, 3.8) is 0 Å². The Balaban J connectivity index is 1.77. The molecule has 2 saturated carbocycles. The summed E-state index contributed by atoms with van der Waals surface area (Å²) >= 11 is 0. The number of likely N-dealkylation sites (tertiary alicyclic amines) is 1. The molecule has 0 radical (unpaired) electrons. The maximum atomic E-state index is 14.0. The first-order valence-corrected chi connectivity index (χ1v) is 16.5. The van der Waals surface area contributed by atoms with Gasteiger partial charge in [0.25, 0.3) is 0 Å². The second-order valence-corrected chi connectivity index (χ2v) is 15.5. The van der Waals surface area contributed by atoms with Gasteiger partial charge in [0, 0.05) is 26.2 Å². The first kappa shape index (κ1) is 33.1. The summed E-state index contributed by atoms with van der Waals surface area (Å²) in [6, 6.07) is -2.74. The number of hydrogen-bond acceptors (Lipinski definition) is 6. The van der Waals surface area contributed by atoms with E-state index < -0.39 is 57.0 Å². The Labute approximate surface area is 244 Å². The minimum absolute atomic E-state index is 0.0537. The van der Waals surface area contributed by atoms with E-state index in [1.807, 2.05) is 20.8 Å². The average molecular weight is 600 g/mol. The third-order valence-electron chi connectivity index (χ3n) is 9.18. The van der Waals surface area contributed by atoms with Crippen molar-refractivity contribution in [2.45, 2.75) is 110 Å². The molecule has 0 aromatic heterocycles. The van der Waals surface area contributed by atoms with Crippen molar-refractivity contribution >= 4 is 33.8 Å². The Bertz CT molecular complexity index is 1100. The summed E-state index contributed by atoms with van der Waals surface area (Å²) in [7, 11) is -1.97. The molecule has 234 valence electrons. The molecular formula is C28H49N5O7S.